The number of rotatable bonds is 3. The van der Waals surface area contributed by atoms with Crippen molar-refractivity contribution in [1.82, 2.24) is 0 Å². The van der Waals surface area contributed by atoms with Crippen molar-refractivity contribution in [2.24, 2.45) is 0 Å². The van der Waals surface area contributed by atoms with Crippen molar-refractivity contribution in [1.29, 1.82) is 0 Å². The van der Waals surface area contributed by atoms with E-state index in [0.29, 0.717) is 5.69 Å². The molecule has 0 heterocycles. The van der Waals surface area contributed by atoms with Crippen LogP contribution < -0.4 is 10.1 Å². The van der Waals surface area contributed by atoms with Gasteiger partial charge in [0.2, 0.25) is 0 Å². The molecule has 116 valence electrons. The van der Waals surface area contributed by atoms with Crippen molar-refractivity contribution < 1.29 is 14.3 Å². The summed E-state index contributed by atoms with van der Waals surface area (Å²) in [6.07, 6.45) is -0.475. The molecule has 0 aliphatic carbocycles. The smallest absolute Gasteiger partial charge is 0.412 e. The third kappa shape index (κ3) is 4.25. The molecule has 0 radical (unpaired) electrons. The molecule has 22 heavy (non-hydrogen) atoms. The van der Waals surface area contributed by atoms with Crippen LogP contribution in [-0.4, -0.2) is 18.8 Å². The lowest BCUT2D eigenvalue weighted by Gasteiger charge is -2.20. The normalized spacial score (nSPS) is 10.9. The Morgan fingerprint density at radius 2 is 1.73 bits per heavy atom. The van der Waals surface area contributed by atoms with Crippen LogP contribution in [-0.2, 0) is 4.74 Å². The molecule has 0 aromatic heterocycles. The summed E-state index contributed by atoms with van der Waals surface area (Å²) < 4.78 is 10.7. The monoisotopic (exact) mass is 299 g/mol. The van der Waals surface area contributed by atoms with Gasteiger partial charge in [0, 0.05) is 11.3 Å². The lowest BCUT2D eigenvalue weighted by Crippen LogP contribution is -2.27. The van der Waals surface area contributed by atoms with Gasteiger partial charge in [-0.1, -0.05) is 30.3 Å². The number of anilines is 1. The van der Waals surface area contributed by atoms with E-state index < -0.39 is 11.7 Å². The second-order valence-electron chi connectivity index (χ2n) is 5.91. The van der Waals surface area contributed by atoms with E-state index in [-0.39, 0.29) is 0 Å². The maximum atomic E-state index is 11.9. The molecule has 0 aliphatic heterocycles. The molecule has 0 bridgehead atoms. The molecule has 2 aromatic carbocycles. The maximum absolute atomic E-state index is 11.9. The Labute approximate surface area is 131 Å². The minimum absolute atomic E-state index is 0.475. The Balaban J connectivity index is 2.26. The zero-order valence-corrected chi connectivity index (χ0v) is 13.3. The van der Waals surface area contributed by atoms with Gasteiger partial charge in [-0.05, 0) is 44.5 Å². The van der Waals surface area contributed by atoms with Gasteiger partial charge in [-0.3, -0.25) is 5.32 Å². The number of benzene rings is 2. The molecule has 4 heteroatoms. The summed E-state index contributed by atoms with van der Waals surface area (Å²) in [5.74, 6) is 0.751. The standard InChI is InChI=1S/C18H21NO3/c1-18(2,3)22-17(20)19-14-10-11-16(21-4)15(12-14)13-8-6-5-7-9-13/h5-12H,1-4H3,(H,19,20). The lowest BCUT2D eigenvalue weighted by atomic mass is 10.0. The number of amides is 1. The fraction of sp³-hybridized carbons (Fsp3) is 0.278. The van der Waals surface area contributed by atoms with Crippen LogP contribution in [0.3, 0.4) is 0 Å². The molecule has 0 saturated carbocycles. The van der Waals surface area contributed by atoms with Crippen LogP contribution in [0, 0.1) is 0 Å². The molecule has 1 N–H and O–H groups in total. The third-order valence-corrected chi connectivity index (χ3v) is 2.93. The molecule has 0 saturated heterocycles. The molecule has 0 fully saturated rings. The second-order valence-corrected chi connectivity index (χ2v) is 5.91. The van der Waals surface area contributed by atoms with E-state index in [0.717, 1.165) is 16.9 Å². The predicted molar refractivity (Wildman–Crippen MR) is 88.3 cm³/mol. The average Bonchev–Trinajstić information content (AvgIpc) is 2.46. The van der Waals surface area contributed by atoms with Crippen LogP contribution in [0.1, 0.15) is 20.8 Å². The summed E-state index contributed by atoms with van der Waals surface area (Å²) in [6, 6.07) is 15.4. The number of methoxy groups -OCH3 is 1. The highest BCUT2D eigenvalue weighted by Gasteiger charge is 2.16. The fourth-order valence-corrected chi connectivity index (χ4v) is 2.05. The molecule has 0 unspecified atom stereocenters. The fourth-order valence-electron chi connectivity index (χ4n) is 2.05. The number of hydrogen-bond donors (Lipinski definition) is 1. The summed E-state index contributed by atoms with van der Waals surface area (Å²) in [7, 11) is 1.63. The highest BCUT2D eigenvalue weighted by molar-refractivity contribution is 5.87. The summed E-state index contributed by atoms with van der Waals surface area (Å²) in [4.78, 5) is 11.9. The van der Waals surface area contributed by atoms with Crippen molar-refractivity contribution in [3.05, 3.63) is 48.5 Å². The van der Waals surface area contributed by atoms with Crippen LogP contribution in [0.4, 0.5) is 10.5 Å². The Kier molecular flexibility index (Phi) is 4.71. The first-order valence-corrected chi connectivity index (χ1v) is 7.12. The van der Waals surface area contributed by atoms with Crippen LogP contribution in [0.2, 0.25) is 0 Å². The summed E-state index contributed by atoms with van der Waals surface area (Å²) in [5.41, 5.74) is 2.07. The summed E-state index contributed by atoms with van der Waals surface area (Å²) in [5, 5.41) is 2.74. The summed E-state index contributed by atoms with van der Waals surface area (Å²) in [6.45, 7) is 5.49. The summed E-state index contributed by atoms with van der Waals surface area (Å²) >= 11 is 0. The van der Waals surface area contributed by atoms with Crippen LogP contribution in [0.25, 0.3) is 11.1 Å². The highest BCUT2D eigenvalue weighted by Crippen LogP contribution is 2.32. The topological polar surface area (TPSA) is 47.6 Å². The van der Waals surface area contributed by atoms with Crippen molar-refractivity contribution >= 4 is 11.8 Å². The number of nitrogens with one attached hydrogen (secondary N) is 1. The van der Waals surface area contributed by atoms with Gasteiger partial charge < -0.3 is 9.47 Å². The van der Waals surface area contributed by atoms with Gasteiger partial charge in [0.05, 0.1) is 7.11 Å². The van der Waals surface area contributed by atoms with Crippen molar-refractivity contribution in [3.8, 4) is 16.9 Å². The van der Waals surface area contributed by atoms with E-state index in [2.05, 4.69) is 5.32 Å². The van der Waals surface area contributed by atoms with Gasteiger partial charge in [0.25, 0.3) is 0 Å². The minimum Gasteiger partial charge on any atom is -0.496 e. The Hall–Kier alpha value is -2.49. The van der Waals surface area contributed by atoms with Crippen LogP contribution >= 0.6 is 0 Å². The van der Waals surface area contributed by atoms with Crippen molar-refractivity contribution in [3.63, 3.8) is 0 Å². The van der Waals surface area contributed by atoms with Gasteiger partial charge in [-0.25, -0.2) is 4.79 Å². The first-order valence-electron chi connectivity index (χ1n) is 7.12. The molecular weight excluding hydrogens is 278 g/mol. The zero-order chi connectivity index (χ0) is 16.2. The van der Waals surface area contributed by atoms with Crippen LogP contribution in [0.15, 0.2) is 48.5 Å². The molecule has 1 amide bonds. The van der Waals surface area contributed by atoms with Gasteiger partial charge >= 0.3 is 6.09 Å². The van der Waals surface area contributed by atoms with Gasteiger partial charge in [0.1, 0.15) is 11.4 Å². The number of carbonyl (C=O) groups is 1. The minimum atomic E-state index is -0.529. The maximum Gasteiger partial charge on any atom is 0.412 e. The first-order chi connectivity index (χ1) is 10.4. The zero-order valence-electron chi connectivity index (χ0n) is 13.3. The van der Waals surface area contributed by atoms with Gasteiger partial charge in [-0.2, -0.15) is 0 Å². The average molecular weight is 299 g/mol. The SMILES string of the molecule is COc1ccc(NC(=O)OC(C)(C)C)cc1-c1ccccc1. The number of hydrogen-bond acceptors (Lipinski definition) is 3. The molecule has 4 nitrogen and oxygen atoms in total. The van der Waals surface area contributed by atoms with E-state index >= 15 is 0 Å². The first kappa shape index (κ1) is 15.9. The highest BCUT2D eigenvalue weighted by atomic mass is 16.6. The Bertz CT molecular complexity index is 645. The molecule has 0 aliphatic rings. The van der Waals surface area contributed by atoms with E-state index in [1.54, 1.807) is 13.2 Å². The second kappa shape index (κ2) is 6.52. The van der Waals surface area contributed by atoms with Gasteiger partial charge in [-0.15, -0.1) is 0 Å². The lowest BCUT2D eigenvalue weighted by molar-refractivity contribution is 0.0636. The molecule has 0 spiro atoms. The number of carbonyl (C=O) groups excluding carboxylic acids is 1. The third-order valence-electron chi connectivity index (χ3n) is 2.93. The van der Waals surface area contributed by atoms with E-state index in [1.807, 2.05) is 63.2 Å². The van der Waals surface area contributed by atoms with Crippen molar-refractivity contribution in [2.45, 2.75) is 26.4 Å². The molecular formula is C18H21NO3. The molecule has 2 aromatic rings. The quantitative estimate of drug-likeness (QED) is 0.893. The number of ether oxygens (including phenoxy) is 2. The predicted octanol–water partition coefficient (Wildman–Crippen LogP) is 4.71. The Morgan fingerprint density at radius 1 is 1.05 bits per heavy atom. The largest absolute Gasteiger partial charge is 0.496 e. The van der Waals surface area contributed by atoms with Crippen LogP contribution in [0.5, 0.6) is 5.75 Å². The van der Waals surface area contributed by atoms with Gasteiger partial charge in [0.15, 0.2) is 0 Å². The van der Waals surface area contributed by atoms with E-state index in [1.165, 1.54) is 0 Å². The van der Waals surface area contributed by atoms with E-state index in [9.17, 15) is 4.79 Å². The molecule has 0 atom stereocenters. The molecule has 2 rings (SSSR count). The van der Waals surface area contributed by atoms with Crippen molar-refractivity contribution in [2.75, 3.05) is 12.4 Å². The van der Waals surface area contributed by atoms with E-state index in [4.69, 9.17) is 9.47 Å². The Morgan fingerprint density at radius 3 is 2.32 bits per heavy atom.